The summed E-state index contributed by atoms with van der Waals surface area (Å²) in [5, 5.41) is 11.5. The lowest BCUT2D eigenvalue weighted by molar-refractivity contribution is -0.119. The van der Waals surface area contributed by atoms with Crippen molar-refractivity contribution in [1.82, 2.24) is 0 Å². The van der Waals surface area contributed by atoms with Crippen LogP contribution in [0.3, 0.4) is 0 Å². The van der Waals surface area contributed by atoms with Crippen LogP contribution in [0, 0.1) is 18.3 Å². The Morgan fingerprint density at radius 3 is 2.93 bits per heavy atom. The lowest BCUT2D eigenvalue weighted by Gasteiger charge is -2.06. The fourth-order valence-corrected chi connectivity index (χ4v) is 1.18. The van der Waals surface area contributed by atoms with Crippen molar-refractivity contribution in [1.29, 1.82) is 5.26 Å². The zero-order valence-electron chi connectivity index (χ0n) is 8.70. The molecule has 0 radical (unpaired) electrons. The van der Waals surface area contributed by atoms with E-state index in [9.17, 15) is 4.79 Å². The monoisotopic (exact) mass is 204 g/mol. The molecule has 0 aliphatic heterocycles. The Labute approximate surface area is 88.5 Å². The molecule has 15 heavy (non-hydrogen) atoms. The van der Waals surface area contributed by atoms with Gasteiger partial charge in [-0.15, -0.1) is 0 Å². The Morgan fingerprint density at radius 1 is 1.60 bits per heavy atom. The lowest BCUT2D eigenvalue weighted by Crippen LogP contribution is -2.17. The number of rotatable bonds is 3. The van der Waals surface area contributed by atoms with Gasteiger partial charge in [-0.25, -0.2) is 0 Å². The van der Waals surface area contributed by atoms with Crippen molar-refractivity contribution in [2.45, 2.75) is 6.92 Å². The predicted molar refractivity (Wildman–Crippen MR) is 56.4 cm³/mol. The highest BCUT2D eigenvalue weighted by Crippen LogP contribution is 2.15. The number of hydrogen-bond donors (Lipinski definition) is 1. The average Bonchev–Trinajstić information content (AvgIpc) is 2.21. The molecule has 0 atom stereocenters. The van der Waals surface area contributed by atoms with E-state index >= 15 is 0 Å². The van der Waals surface area contributed by atoms with Gasteiger partial charge in [0.25, 0.3) is 0 Å². The summed E-state index contributed by atoms with van der Waals surface area (Å²) in [4.78, 5) is 11.2. The molecular weight excluding hydrogens is 192 g/mol. The largest absolute Gasteiger partial charge is 0.375 e. The minimum Gasteiger partial charge on any atom is -0.375 e. The van der Waals surface area contributed by atoms with Gasteiger partial charge in [0, 0.05) is 7.11 Å². The van der Waals surface area contributed by atoms with E-state index in [4.69, 9.17) is 5.26 Å². The predicted octanol–water partition coefficient (Wildman–Crippen LogP) is 1.45. The maximum absolute atomic E-state index is 11.2. The zero-order chi connectivity index (χ0) is 11.3. The topological polar surface area (TPSA) is 62.1 Å². The number of carbonyl (C=O) groups excluding carboxylic acids is 1. The molecule has 78 valence electrons. The summed E-state index contributed by atoms with van der Waals surface area (Å²) in [7, 11) is 1.44. The molecule has 0 heterocycles. The van der Waals surface area contributed by atoms with Crippen molar-refractivity contribution < 1.29 is 9.53 Å². The molecule has 0 spiro atoms. The van der Waals surface area contributed by atoms with Crippen LogP contribution in [0.15, 0.2) is 18.2 Å². The number of nitrogens with zero attached hydrogens (tertiary/aromatic N) is 1. The number of hydrogen-bond acceptors (Lipinski definition) is 3. The second kappa shape index (κ2) is 5.13. The third-order valence-corrected chi connectivity index (χ3v) is 1.85. The van der Waals surface area contributed by atoms with Crippen LogP contribution >= 0.6 is 0 Å². The minimum absolute atomic E-state index is 0.0151. The Kier molecular flexibility index (Phi) is 3.83. The molecule has 1 aromatic carbocycles. The Hall–Kier alpha value is -1.86. The number of amides is 1. The summed E-state index contributed by atoms with van der Waals surface area (Å²) < 4.78 is 4.68. The quantitative estimate of drug-likeness (QED) is 0.810. The number of nitriles is 1. The van der Waals surface area contributed by atoms with E-state index in [-0.39, 0.29) is 12.5 Å². The zero-order valence-corrected chi connectivity index (χ0v) is 8.70. The highest BCUT2D eigenvalue weighted by atomic mass is 16.5. The summed E-state index contributed by atoms with van der Waals surface area (Å²) in [5.41, 5.74) is 1.96. The summed E-state index contributed by atoms with van der Waals surface area (Å²) in [6, 6.07) is 7.30. The summed E-state index contributed by atoms with van der Waals surface area (Å²) in [6.45, 7) is 1.88. The van der Waals surface area contributed by atoms with E-state index in [1.165, 1.54) is 7.11 Å². The van der Waals surface area contributed by atoms with Crippen molar-refractivity contribution >= 4 is 11.6 Å². The molecule has 1 rings (SSSR count). The summed E-state index contributed by atoms with van der Waals surface area (Å²) in [5.74, 6) is -0.266. The Balaban J connectivity index is 2.86. The number of aryl methyl sites for hydroxylation is 1. The van der Waals surface area contributed by atoms with Crippen LogP contribution in [0.25, 0.3) is 0 Å². The van der Waals surface area contributed by atoms with Gasteiger partial charge in [0.2, 0.25) is 5.91 Å². The van der Waals surface area contributed by atoms with Crippen molar-refractivity contribution in [2.75, 3.05) is 19.0 Å². The van der Waals surface area contributed by atoms with Crippen LogP contribution in [0.1, 0.15) is 11.1 Å². The maximum atomic E-state index is 11.2. The second-order valence-corrected chi connectivity index (χ2v) is 3.14. The van der Waals surface area contributed by atoms with Gasteiger partial charge in [-0.1, -0.05) is 6.07 Å². The van der Waals surface area contributed by atoms with Gasteiger partial charge in [0.05, 0.1) is 11.3 Å². The van der Waals surface area contributed by atoms with E-state index in [2.05, 4.69) is 10.1 Å². The van der Waals surface area contributed by atoms with Crippen molar-refractivity contribution in [3.8, 4) is 6.07 Å². The minimum atomic E-state index is -0.266. The third kappa shape index (κ3) is 3.08. The van der Waals surface area contributed by atoms with Crippen molar-refractivity contribution in [3.63, 3.8) is 0 Å². The smallest absolute Gasteiger partial charge is 0.250 e. The number of anilines is 1. The molecule has 0 saturated carbocycles. The van der Waals surface area contributed by atoms with Crippen LogP contribution in [0.4, 0.5) is 5.69 Å². The number of methoxy groups -OCH3 is 1. The van der Waals surface area contributed by atoms with Gasteiger partial charge in [-0.2, -0.15) is 5.26 Å². The average molecular weight is 204 g/mol. The third-order valence-electron chi connectivity index (χ3n) is 1.85. The fourth-order valence-electron chi connectivity index (χ4n) is 1.18. The highest BCUT2D eigenvalue weighted by molar-refractivity contribution is 5.93. The number of benzene rings is 1. The standard InChI is InChI=1S/C11H12N2O2/c1-8-3-4-10(9(5-8)6-12)13-11(14)7-15-2/h3-5H,7H2,1-2H3,(H,13,14). The van der Waals surface area contributed by atoms with Crippen molar-refractivity contribution in [2.24, 2.45) is 0 Å². The molecule has 1 amide bonds. The first-order valence-electron chi connectivity index (χ1n) is 4.47. The lowest BCUT2D eigenvalue weighted by atomic mass is 10.1. The van der Waals surface area contributed by atoms with Crippen LogP contribution in [-0.4, -0.2) is 19.6 Å². The first-order chi connectivity index (χ1) is 7.17. The van der Waals surface area contributed by atoms with Crippen LogP contribution in [-0.2, 0) is 9.53 Å². The number of carbonyl (C=O) groups is 1. The van der Waals surface area contributed by atoms with Gasteiger partial charge in [0.1, 0.15) is 12.7 Å². The van der Waals surface area contributed by atoms with Gasteiger partial charge in [-0.3, -0.25) is 4.79 Å². The van der Waals surface area contributed by atoms with Crippen LogP contribution < -0.4 is 5.32 Å². The molecular formula is C11H12N2O2. The first kappa shape index (κ1) is 11.2. The van der Waals surface area contributed by atoms with E-state index < -0.39 is 0 Å². The van der Waals surface area contributed by atoms with Gasteiger partial charge in [0.15, 0.2) is 0 Å². The number of nitrogens with one attached hydrogen (secondary N) is 1. The molecule has 0 aliphatic rings. The summed E-state index contributed by atoms with van der Waals surface area (Å²) >= 11 is 0. The van der Waals surface area contributed by atoms with Crippen molar-refractivity contribution in [3.05, 3.63) is 29.3 Å². The normalized spacial score (nSPS) is 9.40. The van der Waals surface area contributed by atoms with Crippen LogP contribution in [0.5, 0.6) is 0 Å². The molecule has 0 aromatic heterocycles. The van der Waals surface area contributed by atoms with Crippen LogP contribution in [0.2, 0.25) is 0 Å². The SMILES string of the molecule is COCC(=O)Nc1ccc(C)cc1C#N. The molecule has 4 heteroatoms. The second-order valence-electron chi connectivity index (χ2n) is 3.14. The maximum Gasteiger partial charge on any atom is 0.250 e. The molecule has 0 saturated heterocycles. The summed E-state index contributed by atoms with van der Waals surface area (Å²) in [6.07, 6.45) is 0. The van der Waals surface area contributed by atoms with E-state index in [0.717, 1.165) is 5.56 Å². The van der Waals surface area contributed by atoms with Gasteiger partial charge in [-0.05, 0) is 24.6 Å². The molecule has 1 N–H and O–H groups in total. The van der Waals surface area contributed by atoms with Gasteiger partial charge < -0.3 is 10.1 Å². The molecule has 0 fully saturated rings. The molecule has 4 nitrogen and oxygen atoms in total. The van der Waals surface area contributed by atoms with E-state index in [0.29, 0.717) is 11.3 Å². The fraction of sp³-hybridized carbons (Fsp3) is 0.273. The van der Waals surface area contributed by atoms with E-state index in [1.807, 2.05) is 19.1 Å². The van der Waals surface area contributed by atoms with E-state index in [1.54, 1.807) is 12.1 Å². The molecule has 1 aromatic rings. The highest BCUT2D eigenvalue weighted by Gasteiger charge is 2.05. The Morgan fingerprint density at radius 2 is 2.33 bits per heavy atom. The van der Waals surface area contributed by atoms with Gasteiger partial charge >= 0.3 is 0 Å². The number of ether oxygens (including phenoxy) is 1. The molecule has 0 aliphatic carbocycles. The molecule has 0 bridgehead atoms. The Bertz CT molecular complexity index is 408. The first-order valence-corrected chi connectivity index (χ1v) is 4.47. The molecule has 0 unspecified atom stereocenters.